The molecule has 0 aromatic heterocycles. The summed E-state index contributed by atoms with van der Waals surface area (Å²) in [5.41, 5.74) is 4.14. The van der Waals surface area contributed by atoms with Crippen molar-refractivity contribution < 1.29 is 9.53 Å². The van der Waals surface area contributed by atoms with Gasteiger partial charge in [0.2, 0.25) is 0 Å². The Morgan fingerprint density at radius 3 is 2.75 bits per heavy atom. The molecule has 1 saturated heterocycles. The summed E-state index contributed by atoms with van der Waals surface area (Å²) in [7, 11) is 0. The van der Waals surface area contributed by atoms with E-state index in [4.69, 9.17) is 4.74 Å². The Kier molecular flexibility index (Phi) is 4.60. The van der Waals surface area contributed by atoms with Gasteiger partial charge in [-0.1, -0.05) is 43.2 Å². The zero-order valence-electron chi connectivity index (χ0n) is 11.3. The molecule has 1 aliphatic heterocycles. The van der Waals surface area contributed by atoms with Crippen molar-refractivity contribution in [3.63, 3.8) is 0 Å². The number of hydrogen-bond acceptors (Lipinski definition) is 2. The fourth-order valence-electron chi connectivity index (χ4n) is 2.10. The monoisotopic (exact) mass is 264 g/mol. The Labute approximate surface area is 119 Å². The maximum atomic E-state index is 11.6. The molecule has 100 valence electrons. The average molecular weight is 264 g/mol. The SMILES string of the molecule is C=C=CCC[C@@H]1C(=C)C(=O)O[C@H]1C#Cc1ccccc1. The smallest absolute Gasteiger partial charge is 0.335 e. The van der Waals surface area contributed by atoms with Gasteiger partial charge in [0, 0.05) is 17.1 Å². The number of carbonyl (C=O) groups excluding carboxylic acids is 1. The lowest BCUT2D eigenvalue weighted by atomic mass is 9.92. The van der Waals surface area contributed by atoms with Crippen LogP contribution in [0, 0.1) is 17.8 Å². The highest BCUT2D eigenvalue weighted by Crippen LogP contribution is 2.30. The summed E-state index contributed by atoms with van der Waals surface area (Å²) in [5, 5.41) is 0. The van der Waals surface area contributed by atoms with Crippen LogP contribution in [0.3, 0.4) is 0 Å². The molecular weight excluding hydrogens is 248 g/mol. The maximum absolute atomic E-state index is 11.6. The minimum atomic E-state index is -0.409. The summed E-state index contributed by atoms with van der Waals surface area (Å²) in [6.07, 6.45) is 2.99. The number of carbonyl (C=O) groups is 1. The third-order valence-electron chi connectivity index (χ3n) is 3.21. The molecule has 2 atom stereocenters. The fourth-order valence-corrected chi connectivity index (χ4v) is 2.10. The van der Waals surface area contributed by atoms with Crippen molar-refractivity contribution >= 4 is 5.97 Å². The second-order valence-corrected chi connectivity index (χ2v) is 4.58. The van der Waals surface area contributed by atoms with Crippen LogP contribution in [-0.2, 0) is 9.53 Å². The van der Waals surface area contributed by atoms with Gasteiger partial charge in [-0.05, 0) is 31.1 Å². The van der Waals surface area contributed by atoms with E-state index in [0.29, 0.717) is 5.57 Å². The zero-order chi connectivity index (χ0) is 14.4. The molecule has 1 fully saturated rings. The molecule has 0 unspecified atom stereocenters. The van der Waals surface area contributed by atoms with E-state index in [2.05, 4.69) is 30.7 Å². The van der Waals surface area contributed by atoms with Crippen molar-refractivity contribution in [1.29, 1.82) is 0 Å². The van der Waals surface area contributed by atoms with Crippen LogP contribution < -0.4 is 0 Å². The number of rotatable bonds is 3. The summed E-state index contributed by atoms with van der Waals surface area (Å²) in [6, 6.07) is 9.64. The number of cyclic esters (lactones) is 1. The Bertz CT molecular complexity index is 610. The molecule has 20 heavy (non-hydrogen) atoms. The molecule has 1 aromatic carbocycles. The van der Waals surface area contributed by atoms with Crippen molar-refractivity contribution in [1.82, 2.24) is 0 Å². The topological polar surface area (TPSA) is 26.3 Å². The van der Waals surface area contributed by atoms with Crippen LogP contribution in [0.1, 0.15) is 18.4 Å². The van der Waals surface area contributed by atoms with Gasteiger partial charge in [0.15, 0.2) is 6.10 Å². The third-order valence-corrected chi connectivity index (χ3v) is 3.21. The molecule has 1 aromatic rings. The van der Waals surface area contributed by atoms with E-state index in [1.807, 2.05) is 36.4 Å². The highest BCUT2D eigenvalue weighted by atomic mass is 16.5. The predicted molar refractivity (Wildman–Crippen MR) is 78.8 cm³/mol. The first-order valence-corrected chi connectivity index (χ1v) is 6.53. The quantitative estimate of drug-likeness (QED) is 0.362. The summed E-state index contributed by atoms with van der Waals surface area (Å²) in [4.78, 5) is 11.6. The van der Waals surface area contributed by atoms with Crippen molar-refractivity contribution in [2.24, 2.45) is 5.92 Å². The number of benzene rings is 1. The first-order chi connectivity index (χ1) is 9.72. The standard InChI is InChI=1S/C18H16O2/c1-3-4-6-11-16-14(2)18(19)20-17(16)13-12-15-9-7-5-8-10-15/h4-5,7-10,16-17H,1-2,6,11H2/t16-,17+/m1/s1. The Balaban J connectivity index is 2.12. The lowest BCUT2D eigenvalue weighted by molar-refractivity contribution is -0.137. The second-order valence-electron chi connectivity index (χ2n) is 4.58. The summed E-state index contributed by atoms with van der Waals surface area (Å²) >= 11 is 0. The maximum Gasteiger partial charge on any atom is 0.335 e. The van der Waals surface area contributed by atoms with Gasteiger partial charge in [-0.15, -0.1) is 5.73 Å². The van der Waals surface area contributed by atoms with Gasteiger partial charge < -0.3 is 4.74 Å². The normalized spacial score (nSPS) is 20.6. The molecule has 0 amide bonds. The highest BCUT2D eigenvalue weighted by molar-refractivity contribution is 5.91. The predicted octanol–water partition coefficient (Wildman–Crippen LogP) is 3.26. The van der Waals surface area contributed by atoms with Gasteiger partial charge >= 0.3 is 5.97 Å². The van der Waals surface area contributed by atoms with Gasteiger partial charge in [-0.2, -0.15) is 0 Å². The zero-order valence-corrected chi connectivity index (χ0v) is 11.3. The molecule has 2 heteroatoms. The van der Waals surface area contributed by atoms with E-state index >= 15 is 0 Å². The van der Waals surface area contributed by atoms with Crippen LogP contribution >= 0.6 is 0 Å². The minimum Gasteiger partial charge on any atom is -0.445 e. The number of hydrogen-bond donors (Lipinski definition) is 0. The molecule has 1 aliphatic rings. The molecule has 0 N–H and O–H groups in total. The molecule has 0 aliphatic carbocycles. The molecule has 2 nitrogen and oxygen atoms in total. The molecular formula is C18H16O2. The Morgan fingerprint density at radius 1 is 1.30 bits per heavy atom. The first-order valence-electron chi connectivity index (χ1n) is 6.53. The van der Waals surface area contributed by atoms with Crippen molar-refractivity contribution in [3.8, 4) is 11.8 Å². The van der Waals surface area contributed by atoms with E-state index in [9.17, 15) is 4.79 Å². The third kappa shape index (κ3) is 3.29. The molecule has 0 saturated carbocycles. The van der Waals surface area contributed by atoms with Gasteiger partial charge in [-0.3, -0.25) is 0 Å². The number of esters is 1. The van der Waals surface area contributed by atoms with Crippen LogP contribution in [0.25, 0.3) is 0 Å². The number of allylic oxidation sites excluding steroid dienone is 1. The van der Waals surface area contributed by atoms with Crippen LogP contribution in [0.15, 0.2) is 60.9 Å². The van der Waals surface area contributed by atoms with Crippen LogP contribution in [0.4, 0.5) is 0 Å². The van der Waals surface area contributed by atoms with E-state index in [1.165, 1.54) is 0 Å². The minimum absolute atomic E-state index is 0.0525. The molecule has 0 spiro atoms. The second kappa shape index (κ2) is 6.61. The van der Waals surface area contributed by atoms with Crippen molar-refractivity contribution in [2.45, 2.75) is 18.9 Å². The van der Waals surface area contributed by atoms with Gasteiger partial charge in [-0.25, -0.2) is 4.79 Å². The van der Waals surface area contributed by atoms with Gasteiger partial charge in [0.1, 0.15) is 0 Å². The average Bonchev–Trinajstić information content (AvgIpc) is 2.74. The fraction of sp³-hybridized carbons (Fsp3) is 0.222. The lowest BCUT2D eigenvalue weighted by Gasteiger charge is -2.10. The largest absolute Gasteiger partial charge is 0.445 e. The summed E-state index contributed by atoms with van der Waals surface area (Å²) in [5.74, 6) is 5.68. The van der Waals surface area contributed by atoms with E-state index < -0.39 is 6.10 Å². The highest BCUT2D eigenvalue weighted by Gasteiger charge is 2.36. The molecule has 2 rings (SSSR count). The van der Waals surface area contributed by atoms with E-state index in [-0.39, 0.29) is 11.9 Å². The van der Waals surface area contributed by atoms with Gasteiger partial charge in [0.25, 0.3) is 0 Å². The summed E-state index contributed by atoms with van der Waals surface area (Å²) < 4.78 is 5.28. The van der Waals surface area contributed by atoms with Crippen molar-refractivity contribution in [2.75, 3.05) is 0 Å². The van der Waals surface area contributed by atoms with Crippen LogP contribution in [0.5, 0.6) is 0 Å². The Morgan fingerprint density at radius 2 is 2.05 bits per heavy atom. The number of ether oxygens (including phenoxy) is 1. The van der Waals surface area contributed by atoms with Crippen molar-refractivity contribution in [3.05, 3.63) is 66.4 Å². The van der Waals surface area contributed by atoms with E-state index in [0.717, 1.165) is 18.4 Å². The van der Waals surface area contributed by atoms with Gasteiger partial charge in [0.05, 0.1) is 0 Å². The Hall–Kier alpha value is -2.49. The van der Waals surface area contributed by atoms with Crippen LogP contribution in [0.2, 0.25) is 0 Å². The lowest BCUT2D eigenvalue weighted by Crippen LogP contribution is -2.14. The molecule has 0 bridgehead atoms. The molecule has 0 radical (unpaired) electrons. The summed E-state index contributed by atoms with van der Waals surface area (Å²) in [6.45, 7) is 7.33. The van der Waals surface area contributed by atoms with E-state index in [1.54, 1.807) is 0 Å². The van der Waals surface area contributed by atoms with Crippen LogP contribution in [-0.4, -0.2) is 12.1 Å². The molecule has 1 heterocycles. The first kappa shape index (κ1) is 13.9.